The van der Waals surface area contributed by atoms with E-state index in [1.807, 2.05) is 111 Å². The zero-order chi connectivity index (χ0) is 28.1. The lowest BCUT2D eigenvalue weighted by atomic mass is 9.75. The molecule has 2 aromatic rings. The molecule has 2 aromatic carbocycles. The van der Waals surface area contributed by atoms with E-state index in [1.165, 1.54) is 6.92 Å². The van der Waals surface area contributed by atoms with Gasteiger partial charge in [0.1, 0.15) is 6.61 Å². The summed E-state index contributed by atoms with van der Waals surface area (Å²) in [6.07, 6.45) is 0. The Kier molecular flexibility index (Phi) is 9.97. The molecule has 0 atom stereocenters. The second kappa shape index (κ2) is 12.1. The molecule has 4 rings (SSSR count). The molecule has 0 spiro atoms. The van der Waals surface area contributed by atoms with Crippen molar-refractivity contribution in [1.82, 2.24) is 0 Å². The highest BCUT2D eigenvalue weighted by molar-refractivity contribution is 6.62. The molecule has 1 amide bonds. The lowest BCUT2D eigenvalue weighted by Crippen LogP contribution is -2.41. The smallest absolute Gasteiger partial charge is 0.461 e. The van der Waals surface area contributed by atoms with Crippen molar-refractivity contribution in [2.45, 2.75) is 86.7 Å². The average Bonchev–Trinajstić information content (AvgIpc) is 3.30. The Balaban J connectivity index is 0.00000115. The van der Waals surface area contributed by atoms with Crippen molar-refractivity contribution in [1.29, 1.82) is 0 Å². The summed E-state index contributed by atoms with van der Waals surface area (Å²) in [6.45, 7) is 17.8. The molecule has 37 heavy (non-hydrogen) atoms. The minimum atomic E-state index is -0.638. The van der Waals surface area contributed by atoms with Crippen LogP contribution in [0.2, 0.25) is 0 Å². The third-order valence-corrected chi connectivity index (χ3v) is 6.81. The molecule has 0 aliphatic carbocycles. The van der Waals surface area contributed by atoms with E-state index >= 15 is 0 Å². The Morgan fingerprint density at radius 3 is 2.16 bits per heavy atom. The van der Waals surface area contributed by atoms with Crippen molar-refractivity contribution in [3.63, 3.8) is 0 Å². The van der Waals surface area contributed by atoms with Crippen molar-refractivity contribution in [2.75, 3.05) is 23.9 Å². The number of esters is 1. The van der Waals surface area contributed by atoms with Crippen molar-refractivity contribution >= 4 is 35.8 Å². The second-order valence-electron chi connectivity index (χ2n) is 9.84. The molecule has 7 nitrogen and oxygen atoms in total. The molecule has 2 heterocycles. The SMILES string of the molecule is CC.CC.CC(=O)OCc1c(B2OC(C)(C)C(C)(C)O2)cccc1N1Cc2cc(N(C)C)ccc2C1=O. The van der Waals surface area contributed by atoms with Crippen LogP contribution in [-0.2, 0) is 32.0 Å². The summed E-state index contributed by atoms with van der Waals surface area (Å²) in [7, 11) is 3.31. The van der Waals surface area contributed by atoms with Gasteiger partial charge in [0.2, 0.25) is 0 Å². The highest BCUT2D eigenvalue weighted by Gasteiger charge is 2.52. The van der Waals surface area contributed by atoms with E-state index in [0.29, 0.717) is 23.4 Å². The summed E-state index contributed by atoms with van der Waals surface area (Å²) in [5, 5.41) is 0. The Bertz CT molecular complexity index is 1100. The summed E-state index contributed by atoms with van der Waals surface area (Å²) in [6, 6.07) is 11.5. The van der Waals surface area contributed by atoms with Crippen LogP contribution < -0.4 is 15.3 Å². The van der Waals surface area contributed by atoms with Gasteiger partial charge < -0.3 is 23.8 Å². The van der Waals surface area contributed by atoms with E-state index < -0.39 is 24.3 Å². The van der Waals surface area contributed by atoms with Gasteiger partial charge >= 0.3 is 13.1 Å². The van der Waals surface area contributed by atoms with Crippen molar-refractivity contribution in [2.24, 2.45) is 0 Å². The fourth-order valence-electron chi connectivity index (χ4n) is 4.15. The number of benzene rings is 2. The van der Waals surface area contributed by atoms with Gasteiger partial charge in [0.05, 0.1) is 23.4 Å². The predicted octanol–water partition coefficient (Wildman–Crippen LogP) is 5.33. The number of fused-ring (bicyclic) bond motifs is 1. The number of hydrogen-bond acceptors (Lipinski definition) is 6. The van der Waals surface area contributed by atoms with Gasteiger partial charge in [0.25, 0.3) is 5.91 Å². The molecular weight excluding hydrogens is 467 g/mol. The van der Waals surface area contributed by atoms with Crippen LogP contribution in [0.3, 0.4) is 0 Å². The number of nitrogens with zero attached hydrogens (tertiary/aromatic N) is 2. The number of carbonyl (C=O) groups is 2. The number of amides is 1. The molecule has 2 aliphatic heterocycles. The van der Waals surface area contributed by atoms with E-state index in [4.69, 9.17) is 14.0 Å². The van der Waals surface area contributed by atoms with Gasteiger partial charge in [-0.3, -0.25) is 9.59 Å². The van der Waals surface area contributed by atoms with Gasteiger partial charge in [-0.1, -0.05) is 39.8 Å². The monoisotopic (exact) mass is 510 g/mol. The third-order valence-electron chi connectivity index (χ3n) is 6.81. The molecule has 0 N–H and O–H groups in total. The molecule has 0 aromatic heterocycles. The molecule has 1 saturated heterocycles. The Morgan fingerprint density at radius 2 is 1.62 bits per heavy atom. The van der Waals surface area contributed by atoms with Crippen LogP contribution in [0.4, 0.5) is 11.4 Å². The summed E-state index contributed by atoms with van der Waals surface area (Å²) in [5.74, 6) is -0.471. The molecule has 1 fully saturated rings. The van der Waals surface area contributed by atoms with Gasteiger partial charge in [-0.15, -0.1) is 0 Å². The Hall–Kier alpha value is -2.84. The largest absolute Gasteiger partial charge is 0.495 e. The van der Waals surface area contributed by atoms with Crippen LogP contribution in [0.25, 0.3) is 0 Å². The molecule has 2 aliphatic rings. The first-order valence-corrected chi connectivity index (χ1v) is 13.1. The number of ether oxygens (including phenoxy) is 1. The average molecular weight is 510 g/mol. The lowest BCUT2D eigenvalue weighted by molar-refractivity contribution is -0.142. The predicted molar refractivity (Wildman–Crippen MR) is 152 cm³/mol. The van der Waals surface area contributed by atoms with Gasteiger partial charge in [-0.2, -0.15) is 0 Å². The highest BCUT2D eigenvalue weighted by Crippen LogP contribution is 2.38. The first-order valence-electron chi connectivity index (χ1n) is 13.1. The summed E-state index contributed by atoms with van der Waals surface area (Å²) >= 11 is 0. The summed E-state index contributed by atoms with van der Waals surface area (Å²) < 4.78 is 17.9. The highest BCUT2D eigenvalue weighted by atomic mass is 16.7. The number of carbonyl (C=O) groups excluding carboxylic acids is 2. The van der Waals surface area contributed by atoms with E-state index in [0.717, 1.165) is 16.7 Å². The molecule has 0 unspecified atom stereocenters. The first-order chi connectivity index (χ1) is 17.4. The fourth-order valence-corrected chi connectivity index (χ4v) is 4.15. The van der Waals surface area contributed by atoms with E-state index in [2.05, 4.69) is 0 Å². The zero-order valence-electron chi connectivity index (χ0n) is 24.4. The maximum absolute atomic E-state index is 13.3. The summed E-state index contributed by atoms with van der Waals surface area (Å²) in [4.78, 5) is 28.8. The van der Waals surface area contributed by atoms with Gasteiger partial charge in [0.15, 0.2) is 0 Å². The molecule has 202 valence electrons. The van der Waals surface area contributed by atoms with E-state index in [-0.39, 0.29) is 12.5 Å². The van der Waals surface area contributed by atoms with E-state index in [9.17, 15) is 9.59 Å². The van der Waals surface area contributed by atoms with Gasteiger partial charge in [-0.25, -0.2) is 0 Å². The van der Waals surface area contributed by atoms with Crippen molar-refractivity contribution < 1.29 is 23.6 Å². The molecular formula is C29H43BN2O5. The standard InChI is InChI=1S/C25H31BN2O5.2C2H6/c1-16(29)31-15-20-21(26-32-24(2,3)25(4,5)33-26)9-8-10-22(20)28-14-17-13-18(27(6)7)11-12-19(17)23(28)30;2*1-2/h8-13H,14-15H2,1-7H3;2*1-2H3. The molecule has 0 saturated carbocycles. The second-order valence-corrected chi connectivity index (χ2v) is 9.84. The molecule has 0 bridgehead atoms. The molecule has 8 heteroatoms. The topological polar surface area (TPSA) is 68.3 Å². The third kappa shape index (κ3) is 6.19. The van der Waals surface area contributed by atoms with Gasteiger partial charge in [-0.05, 0) is 63.0 Å². The van der Waals surface area contributed by atoms with Crippen LogP contribution >= 0.6 is 0 Å². The first kappa shape index (κ1) is 30.4. The molecule has 0 radical (unpaired) electrons. The lowest BCUT2D eigenvalue weighted by Gasteiger charge is -2.32. The maximum Gasteiger partial charge on any atom is 0.495 e. The normalized spacial score (nSPS) is 16.8. The van der Waals surface area contributed by atoms with Gasteiger partial charge in [0, 0.05) is 37.8 Å². The zero-order valence-corrected chi connectivity index (χ0v) is 24.4. The van der Waals surface area contributed by atoms with Crippen LogP contribution in [0.5, 0.6) is 0 Å². The minimum Gasteiger partial charge on any atom is -0.461 e. The number of anilines is 2. The Morgan fingerprint density at radius 1 is 1.03 bits per heavy atom. The van der Waals surface area contributed by atoms with Crippen LogP contribution in [0, 0.1) is 0 Å². The van der Waals surface area contributed by atoms with Crippen LogP contribution in [0.15, 0.2) is 36.4 Å². The maximum atomic E-state index is 13.3. The Labute approximate surface area is 223 Å². The fraction of sp³-hybridized carbons (Fsp3) is 0.517. The minimum absolute atomic E-state index is 0.0218. The van der Waals surface area contributed by atoms with E-state index in [1.54, 1.807) is 4.90 Å². The number of hydrogen-bond donors (Lipinski definition) is 0. The van der Waals surface area contributed by atoms with Crippen molar-refractivity contribution in [3.8, 4) is 0 Å². The summed E-state index contributed by atoms with van der Waals surface area (Å²) in [5.41, 5.74) is 3.80. The van der Waals surface area contributed by atoms with Crippen LogP contribution in [0.1, 0.15) is 83.8 Å². The van der Waals surface area contributed by atoms with Crippen molar-refractivity contribution in [3.05, 3.63) is 53.1 Å². The van der Waals surface area contributed by atoms with Crippen LogP contribution in [-0.4, -0.2) is 44.3 Å². The number of rotatable bonds is 5. The quantitative estimate of drug-likeness (QED) is 0.400.